The lowest BCUT2D eigenvalue weighted by molar-refractivity contribution is 0.0524. The van der Waals surface area contributed by atoms with Crippen LogP contribution in [0, 0.1) is 0 Å². The lowest BCUT2D eigenvalue weighted by atomic mass is 10.2. The largest absolute Gasteiger partial charge is 0.462 e. The first-order valence-corrected chi connectivity index (χ1v) is 10.5. The van der Waals surface area contributed by atoms with Gasteiger partial charge in [0.15, 0.2) is 10.8 Å². The van der Waals surface area contributed by atoms with Gasteiger partial charge in [-0.05, 0) is 26.1 Å². The molecule has 30 heavy (non-hydrogen) atoms. The smallest absolute Gasteiger partial charge is 0.343 e. The number of carbonyl (C=O) groups is 1. The summed E-state index contributed by atoms with van der Waals surface area (Å²) in [4.78, 5) is 36.6. The van der Waals surface area contributed by atoms with Crippen LogP contribution >= 0.6 is 11.3 Å². The SMILES string of the molecule is CCOC(=O)c1cn(-c2nccs2)c2nc(N3CC(NC)C(OC)C3)ccc2c1=O. The van der Waals surface area contributed by atoms with Gasteiger partial charge < -0.3 is 19.7 Å². The van der Waals surface area contributed by atoms with Crippen molar-refractivity contribution >= 4 is 34.2 Å². The Morgan fingerprint density at radius 1 is 1.37 bits per heavy atom. The van der Waals surface area contributed by atoms with Gasteiger partial charge in [-0.1, -0.05) is 0 Å². The molecular weight excluding hydrogens is 406 g/mol. The number of hydrogen-bond acceptors (Lipinski definition) is 9. The molecule has 3 aromatic rings. The van der Waals surface area contributed by atoms with Crippen molar-refractivity contribution in [3.05, 3.63) is 45.7 Å². The van der Waals surface area contributed by atoms with E-state index in [9.17, 15) is 9.59 Å². The summed E-state index contributed by atoms with van der Waals surface area (Å²) < 4.78 is 12.3. The van der Waals surface area contributed by atoms with Crippen molar-refractivity contribution in [2.75, 3.05) is 38.8 Å². The maximum Gasteiger partial charge on any atom is 0.343 e. The number of methoxy groups -OCH3 is 1. The van der Waals surface area contributed by atoms with Gasteiger partial charge in [0.05, 0.1) is 24.1 Å². The highest BCUT2D eigenvalue weighted by Crippen LogP contribution is 2.24. The Labute approximate surface area is 177 Å². The number of ether oxygens (including phenoxy) is 2. The van der Waals surface area contributed by atoms with Gasteiger partial charge in [-0.25, -0.2) is 14.8 Å². The molecule has 4 heterocycles. The first kappa shape index (κ1) is 20.5. The molecule has 0 aliphatic carbocycles. The van der Waals surface area contributed by atoms with E-state index in [-0.39, 0.29) is 24.3 Å². The first-order chi connectivity index (χ1) is 14.6. The average molecular weight is 430 g/mol. The standard InChI is InChI=1S/C20H23N5O4S/c1-4-29-19(27)13-9-25(20-22-7-8-30-20)18-12(17(13)26)5-6-16(23-18)24-10-14(21-2)15(11-24)28-3/h5-9,14-15,21H,4,10-11H2,1-3H3. The minimum Gasteiger partial charge on any atom is -0.462 e. The van der Waals surface area contributed by atoms with Crippen LogP contribution in [0.4, 0.5) is 5.82 Å². The van der Waals surface area contributed by atoms with E-state index in [0.717, 1.165) is 12.4 Å². The molecule has 0 spiro atoms. The molecule has 1 N–H and O–H groups in total. The van der Waals surface area contributed by atoms with E-state index < -0.39 is 11.4 Å². The highest BCUT2D eigenvalue weighted by atomic mass is 32.1. The molecule has 3 aromatic heterocycles. The number of thiazole rings is 1. The van der Waals surface area contributed by atoms with Crippen molar-refractivity contribution in [2.24, 2.45) is 0 Å². The van der Waals surface area contributed by atoms with Crippen molar-refractivity contribution in [2.45, 2.75) is 19.1 Å². The lowest BCUT2D eigenvalue weighted by Gasteiger charge is -2.18. The monoisotopic (exact) mass is 429 g/mol. The number of hydrogen-bond donors (Lipinski definition) is 1. The van der Waals surface area contributed by atoms with Crippen LogP contribution in [0.5, 0.6) is 0 Å². The molecule has 0 aromatic carbocycles. The molecule has 9 nitrogen and oxygen atoms in total. The average Bonchev–Trinajstić information content (AvgIpc) is 3.43. The Balaban J connectivity index is 1.85. The van der Waals surface area contributed by atoms with Gasteiger partial charge >= 0.3 is 5.97 Å². The Hall–Kier alpha value is -2.82. The fourth-order valence-corrected chi connectivity index (χ4v) is 4.30. The Kier molecular flexibility index (Phi) is 5.80. The molecule has 1 fully saturated rings. The number of pyridine rings is 2. The van der Waals surface area contributed by atoms with Gasteiger partial charge in [-0.2, -0.15) is 0 Å². The van der Waals surface area contributed by atoms with Gasteiger partial charge in [0, 0.05) is 38.0 Å². The van der Waals surface area contributed by atoms with Crippen molar-refractivity contribution in [3.8, 4) is 5.13 Å². The minimum absolute atomic E-state index is 0.0371. The zero-order valence-electron chi connectivity index (χ0n) is 17.0. The number of aromatic nitrogens is 3. The Morgan fingerprint density at radius 2 is 2.20 bits per heavy atom. The van der Waals surface area contributed by atoms with Crippen molar-refractivity contribution in [1.82, 2.24) is 19.9 Å². The summed E-state index contributed by atoms with van der Waals surface area (Å²) in [5.41, 5.74) is 0.00642. The van der Waals surface area contributed by atoms with Crippen LogP contribution in [0.25, 0.3) is 16.2 Å². The Morgan fingerprint density at radius 3 is 2.83 bits per heavy atom. The third kappa shape index (κ3) is 3.57. The van der Waals surface area contributed by atoms with Crippen LogP contribution in [0.1, 0.15) is 17.3 Å². The van der Waals surface area contributed by atoms with Crippen LogP contribution in [0.15, 0.2) is 34.7 Å². The fourth-order valence-electron chi connectivity index (χ4n) is 3.68. The van der Waals surface area contributed by atoms with E-state index >= 15 is 0 Å². The Bertz CT molecular complexity index is 1100. The lowest BCUT2D eigenvalue weighted by Crippen LogP contribution is -2.37. The van der Waals surface area contributed by atoms with Crippen molar-refractivity contribution < 1.29 is 14.3 Å². The third-order valence-electron chi connectivity index (χ3n) is 5.22. The summed E-state index contributed by atoms with van der Waals surface area (Å²) in [5.74, 6) is 0.0778. The zero-order chi connectivity index (χ0) is 21.3. The number of fused-ring (bicyclic) bond motifs is 1. The predicted molar refractivity (Wildman–Crippen MR) is 115 cm³/mol. The third-order valence-corrected chi connectivity index (χ3v) is 5.99. The summed E-state index contributed by atoms with van der Waals surface area (Å²) in [5, 5.41) is 6.05. The summed E-state index contributed by atoms with van der Waals surface area (Å²) >= 11 is 1.39. The minimum atomic E-state index is -0.655. The molecular formula is C20H23N5O4S. The van der Waals surface area contributed by atoms with Gasteiger partial charge in [0.1, 0.15) is 11.4 Å². The first-order valence-electron chi connectivity index (χ1n) is 9.65. The molecule has 2 atom stereocenters. The van der Waals surface area contributed by atoms with Gasteiger partial charge in [0.2, 0.25) is 5.43 Å². The number of nitrogens with one attached hydrogen (secondary N) is 1. The van der Waals surface area contributed by atoms with Gasteiger partial charge in [-0.15, -0.1) is 11.3 Å². The molecule has 1 saturated heterocycles. The second-order valence-electron chi connectivity index (χ2n) is 6.89. The highest BCUT2D eigenvalue weighted by Gasteiger charge is 2.32. The molecule has 2 unspecified atom stereocenters. The van der Waals surface area contributed by atoms with E-state index in [1.54, 1.807) is 36.9 Å². The van der Waals surface area contributed by atoms with Gasteiger partial charge in [0.25, 0.3) is 0 Å². The van der Waals surface area contributed by atoms with E-state index in [1.165, 1.54) is 17.5 Å². The predicted octanol–water partition coefficient (Wildman–Crippen LogP) is 1.44. The number of nitrogens with zero attached hydrogens (tertiary/aromatic N) is 4. The van der Waals surface area contributed by atoms with Crippen LogP contribution in [-0.2, 0) is 9.47 Å². The van der Waals surface area contributed by atoms with Crippen LogP contribution in [0.3, 0.4) is 0 Å². The molecule has 1 aliphatic rings. The maximum atomic E-state index is 13.0. The van der Waals surface area contributed by atoms with Crippen molar-refractivity contribution in [1.29, 1.82) is 0 Å². The second kappa shape index (κ2) is 8.50. The molecule has 0 saturated carbocycles. The molecule has 0 radical (unpaired) electrons. The van der Waals surface area contributed by atoms with Crippen LogP contribution in [0.2, 0.25) is 0 Å². The van der Waals surface area contributed by atoms with Crippen molar-refractivity contribution in [3.63, 3.8) is 0 Å². The number of carbonyl (C=O) groups excluding carboxylic acids is 1. The summed E-state index contributed by atoms with van der Waals surface area (Å²) in [6, 6.07) is 3.69. The molecule has 0 bridgehead atoms. The number of rotatable bonds is 6. The molecule has 158 valence electrons. The summed E-state index contributed by atoms with van der Waals surface area (Å²) in [7, 11) is 3.61. The van der Waals surface area contributed by atoms with Crippen LogP contribution in [-0.4, -0.2) is 66.5 Å². The number of likely N-dealkylation sites (N-methyl/N-ethyl adjacent to an activating group) is 1. The van der Waals surface area contributed by atoms with E-state index in [2.05, 4.69) is 15.2 Å². The normalized spacial score (nSPS) is 18.8. The molecule has 0 amide bonds. The van der Waals surface area contributed by atoms with Gasteiger partial charge in [-0.3, -0.25) is 9.36 Å². The van der Waals surface area contributed by atoms with E-state index in [1.807, 2.05) is 12.4 Å². The second-order valence-corrected chi connectivity index (χ2v) is 7.76. The highest BCUT2D eigenvalue weighted by molar-refractivity contribution is 7.12. The molecule has 10 heteroatoms. The number of esters is 1. The molecule has 4 rings (SSSR count). The van der Waals surface area contributed by atoms with E-state index in [0.29, 0.717) is 22.7 Å². The van der Waals surface area contributed by atoms with E-state index in [4.69, 9.17) is 14.5 Å². The summed E-state index contributed by atoms with van der Waals surface area (Å²) in [6.45, 7) is 3.31. The fraction of sp³-hybridized carbons (Fsp3) is 0.400. The quantitative estimate of drug-likeness (QED) is 0.588. The topological polar surface area (TPSA) is 98.6 Å². The summed E-state index contributed by atoms with van der Waals surface area (Å²) in [6.07, 6.45) is 3.18. The zero-order valence-corrected chi connectivity index (χ0v) is 17.8. The molecule has 1 aliphatic heterocycles. The maximum absolute atomic E-state index is 13.0. The van der Waals surface area contributed by atoms with Crippen LogP contribution < -0.4 is 15.6 Å². The number of anilines is 1.